The van der Waals surface area contributed by atoms with Crippen molar-refractivity contribution >= 4 is 0 Å². The van der Waals surface area contributed by atoms with E-state index in [2.05, 4.69) is 11.4 Å². The third-order valence-corrected chi connectivity index (χ3v) is 4.50. The Bertz CT molecular complexity index is 540. The molecule has 1 aliphatic carbocycles. The highest BCUT2D eigenvalue weighted by Crippen LogP contribution is 2.37. The molecule has 1 N–H and O–H groups in total. The molecule has 3 nitrogen and oxygen atoms in total. The second-order valence-electron chi connectivity index (χ2n) is 5.73. The van der Waals surface area contributed by atoms with Crippen LogP contribution in [0, 0.1) is 24.2 Å². The van der Waals surface area contributed by atoms with Gasteiger partial charge in [-0.1, -0.05) is 12.8 Å². The van der Waals surface area contributed by atoms with Crippen molar-refractivity contribution in [2.75, 3.05) is 0 Å². The molecule has 1 aromatic heterocycles. The molecule has 1 aromatic rings. The zero-order valence-electron chi connectivity index (χ0n) is 12.3. The summed E-state index contributed by atoms with van der Waals surface area (Å²) in [6.07, 6.45) is -1.89. The van der Waals surface area contributed by atoms with Crippen LogP contribution in [0.4, 0.5) is 13.2 Å². The van der Waals surface area contributed by atoms with Gasteiger partial charge in [0.1, 0.15) is 11.8 Å². The Morgan fingerprint density at radius 3 is 2.62 bits per heavy atom. The van der Waals surface area contributed by atoms with Crippen LogP contribution >= 0.6 is 0 Å². The van der Waals surface area contributed by atoms with Crippen LogP contribution in [-0.4, -0.2) is 16.8 Å². The van der Waals surface area contributed by atoms with Crippen LogP contribution in [0.2, 0.25) is 0 Å². The average molecular weight is 299 g/mol. The van der Waals surface area contributed by atoms with Gasteiger partial charge in [0.05, 0.1) is 5.92 Å². The Kier molecular flexibility index (Phi) is 4.62. The van der Waals surface area contributed by atoms with Gasteiger partial charge >= 0.3 is 6.18 Å². The topological polar surface area (TPSA) is 40.8 Å². The minimum absolute atomic E-state index is 0.207. The molecule has 2 rings (SSSR count). The molecule has 1 saturated carbocycles. The molecule has 0 amide bonds. The van der Waals surface area contributed by atoms with Crippen molar-refractivity contribution in [3.05, 3.63) is 23.0 Å². The van der Waals surface area contributed by atoms with E-state index in [1.165, 1.54) is 0 Å². The molecular formula is C15H20F3N3. The van der Waals surface area contributed by atoms with Gasteiger partial charge in [-0.15, -0.1) is 0 Å². The number of rotatable bonds is 3. The lowest BCUT2D eigenvalue weighted by Crippen LogP contribution is -2.45. The van der Waals surface area contributed by atoms with Crippen molar-refractivity contribution in [3.8, 4) is 6.07 Å². The van der Waals surface area contributed by atoms with Crippen LogP contribution in [0.15, 0.2) is 6.07 Å². The Morgan fingerprint density at radius 2 is 2.05 bits per heavy atom. The van der Waals surface area contributed by atoms with Gasteiger partial charge in [0.15, 0.2) is 0 Å². The maximum absolute atomic E-state index is 13.0. The molecule has 1 fully saturated rings. The first kappa shape index (κ1) is 15.9. The zero-order valence-corrected chi connectivity index (χ0v) is 12.3. The van der Waals surface area contributed by atoms with E-state index in [4.69, 9.17) is 5.26 Å². The van der Waals surface area contributed by atoms with Crippen LogP contribution in [0.25, 0.3) is 0 Å². The lowest BCUT2D eigenvalue weighted by Gasteiger charge is -2.33. The average Bonchev–Trinajstić information content (AvgIpc) is 2.72. The summed E-state index contributed by atoms with van der Waals surface area (Å²) < 4.78 is 40.9. The first-order valence-electron chi connectivity index (χ1n) is 7.20. The van der Waals surface area contributed by atoms with Gasteiger partial charge in [0.2, 0.25) is 0 Å². The number of hydrogen-bond acceptors (Lipinski definition) is 2. The highest BCUT2D eigenvalue weighted by molar-refractivity contribution is 5.34. The van der Waals surface area contributed by atoms with Crippen molar-refractivity contribution in [1.29, 1.82) is 5.26 Å². The van der Waals surface area contributed by atoms with E-state index in [9.17, 15) is 13.2 Å². The SMILES string of the molecule is Cc1c(CNC2CCCCC2C(F)(F)F)cc(C#N)n1C. The van der Waals surface area contributed by atoms with Crippen molar-refractivity contribution in [1.82, 2.24) is 9.88 Å². The van der Waals surface area contributed by atoms with Gasteiger partial charge in [-0.05, 0) is 31.4 Å². The number of aromatic nitrogens is 1. The summed E-state index contributed by atoms with van der Waals surface area (Å²) in [7, 11) is 1.79. The monoisotopic (exact) mass is 299 g/mol. The minimum Gasteiger partial charge on any atom is -0.340 e. The summed E-state index contributed by atoms with van der Waals surface area (Å²) >= 11 is 0. The lowest BCUT2D eigenvalue weighted by atomic mass is 9.84. The fraction of sp³-hybridized carbons (Fsp3) is 0.667. The van der Waals surface area contributed by atoms with E-state index in [-0.39, 0.29) is 6.42 Å². The molecule has 21 heavy (non-hydrogen) atoms. The summed E-state index contributed by atoms with van der Waals surface area (Å²) in [5, 5.41) is 12.0. The van der Waals surface area contributed by atoms with Gasteiger partial charge in [-0.2, -0.15) is 18.4 Å². The first-order chi connectivity index (χ1) is 9.84. The quantitative estimate of drug-likeness (QED) is 0.929. The number of halogens is 3. The van der Waals surface area contributed by atoms with Crippen LogP contribution in [0.5, 0.6) is 0 Å². The highest BCUT2D eigenvalue weighted by Gasteiger charge is 2.45. The minimum atomic E-state index is -4.14. The molecule has 0 saturated heterocycles. The normalized spacial score (nSPS) is 23.0. The summed E-state index contributed by atoms with van der Waals surface area (Å²) in [6.45, 7) is 2.25. The predicted octanol–water partition coefficient (Wildman–Crippen LogP) is 3.42. The number of alkyl halides is 3. The van der Waals surface area contributed by atoms with E-state index in [0.29, 0.717) is 25.1 Å². The van der Waals surface area contributed by atoms with E-state index in [0.717, 1.165) is 17.7 Å². The molecule has 1 heterocycles. The molecular weight excluding hydrogens is 279 g/mol. The Morgan fingerprint density at radius 1 is 1.38 bits per heavy atom. The van der Waals surface area contributed by atoms with Gasteiger partial charge in [-0.25, -0.2) is 0 Å². The number of hydrogen-bond donors (Lipinski definition) is 1. The van der Waals surface area contributed by atoms with Crippen LogP contribution in [0.3, 0.4) is 0 Å². The lowest BCUT2D eigenvalue weighted by molar-refractivity contribution is -0.189. The maximum Gasteiger partial charge on any atom is 0.393 e. The van der Waals surface area contributed by atoms with E-state index < -0.39 is 18.1 Å². The van der Waals surface area contributed by atoms with E-state index >= 15 is 0 Å². The molecule has 2 atom stereocenters. The van der Waals surface area contributed by atoms with E-state index in [1.807, 2.05) is 6.92 Å². The summed E-state index contributed by atoms with van der Waals surface area (Å²) in [6, 6.07) is 3.30. The fourth-order valence-corrected chi connectivity index (χ4v) is 3.06. The van der Waals surface area contributed by atoms with Crippen molar-refractivity contribution < 1.29 is 13.2 Å². The third kappa shape index (κ3) is 3.41. The molecule has 0 spiro atoms. The highest BCUT2D eigenvalue weighted by atomic mass is 19.4. The maximum atomic E-state index is 13.0. The second-order valence-corrected chi connectivity index (χ2v) is 5.73. The van der Waals surface area contributed by atoms with Crippen molar-refractivity contribution in [2.24, 2.45) is 13.0 Å². The first-order valence-corrected chi connectivity index (χ1v) is 7.20. The fourth-order valence-electron chi connectivity index (χ4n) is 3.06. The van der Waals surface area contributed by atoms with Crippen LogP contribution < -0.4 is 5.32 Å². The molecule has 1 aliphatic rings. The summed E-state index contributed by atoms with van der Waals surface area (Å²) in [4.78, 5) is 0. The van der Waals surface area contributed by atoms with Gasteiger partial charge in [0, 0.05) is 25.3 Å². The molecule has 0 bridgehead atoms. The number of nitrogens with zero attached hydrogens (tertiary/aromatic N) is 2. The van der Waals surface area contributed by atoms with Crippen molar-refractivity contribution in [2.45, 2.75) is 51.4 Å². The third-order valence-electron chi connectivity index (χ3n) is 4.50. The molecule has 0 aliphatic heterocycles. The standard InChI is InChI=1S/C15H20F3N3/c1-10-11(7-12(8-19)21(10)2)9-20-14-6-4-3-5-13(14)15(16,17)18/h7,13-14,20H,3-6,9H2,1-2H3. The van der Waals surface area contributed by atoms with E-state index in [1.54, 1.807) is 17.7 Å². The van der Waals surface area contributed by atoms with Crippen molar-refractivity contribution in [3.63, 3.8) is 0 Å². The smallest absolute Gasteiger partial charge is 0.340 e. The van der Waals surface area contributed by atoms with Crippen LogP contribution in [0.1, 0.15) is 42.6 Å². The van der Waals surface area contributed by atoms with Gasteiger partial charge < -0.3 is 9.88 Å². The molecule has 0 aromatic carbocycles. The summed E-state index contributed by atoms with van der Waals surface area (Å²) in [5.41, 5.74) is 2.33. The summed E-state index contributed by atoms with van der Waals surface area (Å²) in [5.74, 6) is -1.26. The van der Waals surface area contributed by atoms with Crippen LogP contribution in [-0.2, 0) is 13.6 Å². The Balaban J connectivity index is 2.06. The Labute approximate surface area is 122 Å². The Hall–Kier alpha value is -1.48. The molecule has 116 valence electrons. The second kappa shape index (κ2) is 6.10. The van der Waals surface area contributed by atoms with Gasteiger partial charge in [0.25, 0.3) is 0 Å². The molecule has 0 radical (unpaired) electrons. The zero-order chi connectivity index (χ0) is 15.6. The predicted molar refractivity (Wildman–Crippen MR) is 73.5 cm³/mol. The number of nitrogens with one attached hydrogen (secondary N) is 1. The van der Waals surface area contributed by atoms with Gasteiger partial charge in [-0.3, -0.25) is 0 Å². The molecule has 6 heteroatoms. The molecule has 2 unspecified atom stereocenters. The number of nitriles is 1. The largest absolute Gasteiger partial charge is 0.393 e.